The van der Waals surface area contributed by atoms with Crippen molar-refractivity contribution < 1.29 is 14.3 Å². The van der Waals surface area contributed by atoms with E-state index in [0.717, 1.165) is 31.3 Å². The van der Waals surface area contributed by atoms with Crippen molar-refractivity contribution in [2.75, 3.05) is 6.61 Å². The van der Waals surface area contributed by atoms with Gasteiger partial charge in [-0.15, -0.1) is 0 Å². The summed E-state index contributed by atoms with van der Waals surface area (Å²) >= 11 is 0. The fourth-order valence-corrected chi connectivity index (χ4v) is 5.78. The molecular formula is C19H24O3. The third kappa shape index (κ3) is 1.63. The molecular weight excluding hydrogens is 276 g/mol. The highest BCUT2D eigenvalue weighted by Gasteiger charge is 2.61. The van der Waals surface area contributed by atoms with Gasteiger partial charge in [0.1, 0.15) is 0 Å². The lowest BCUT2D eigenvalue weighted by atomic mass is 9.47. The highest BCUT2D eigenvalue weighted by atomic mass is 16.5. The van der Waals surface area contributed by atoms with Crippen LogP contribution in [0, 0.1) is 28.6 Å². The molecule has 3 aliphatic carbocycles. The number of cyclic esters (lactones) is 1. The first-order chi connectivity index (χ1) is 10.4. The van der Waals surface area contributed by atoms with E-state index in [1.165, 1.54) is 5.57 Å². The maximum Gasteiger partial charge on any atom is 0.312 e. The maximum absolute atomic E-state index is 12.2. The van der Waals surface area contributed by atoms with E-state index < -0.39 is 0 Å². The Hall–Kier alpha value is -1.38. The van der Waals surface area contributed by atoms with Gasteiger partial charge in [0.2, 0.25) is 0 Å². The van der Waals surface area contributed by atoms with Gasteiger partial charge >= 0.3 is 5.97 Å². The number of fused-ring (bicyclic) bond motifs is 5. The van der Waals surface area contributed by atoms with Crippen LogP contribution in [-0.4, -0.2) is 18.4 Å². The van der Waals surface area contributed by atoms with Crippen molar-refractivity contribution >= 4 is 11.8 Å². The predicted molar refractivity (Wildman–Crippen MR) is 83.0 cm³/mol. The first-order valence-electron chi connectivity index (χ1n) is 8.46. The molecule has 4 aliphatic rings. The first-order valence-corrected chi connectivity index (χ1v) is 8.46. The minimum absolute atomic E-state index is 0.00752. The number of carbonyl (C=O) groups excluding carboxylic acids is 2. The molecule has 0 radical (unpaired) electrons. The van der Waals surface area contributed by atoms with E-state index in [0.29, 0.717) is 30.8 Å². The number of hydrogen-bond acceptors (Lipinski definition) is 3. The Balaban J connectivity index is 1.76. The molecule has 1 saturated heterocycles. The second-order valence-electron chi connectivity index (χ2n) is 8.18. The smallest absolute Gasteiger partial charge is 0.312 e. The summed E-state index contributed by atoms with van der Waals surface area (Å²) in [4.78, 5) is 24.1. The van der Waals surface area contributed by atoms with Crippen molar-refractivity contribution in [1.82, 2.24) is 0 Å². The van der Waals surface area contributed by atoms with Crippen LogP contribution in [0.3, 0.4) is 0 Å². The molecule has 0 bridgehead atoms. The molecule has 22 heavy (non-hydrogen) atoms. The van der Waals surface area contributed by atoms with Gasteiger partial charge in [0, 0.05) is 12.3 Å². The molecule has 0 aromatic rings. The van der Waals surface area contributed by atoms with Gasteiger partial charge in [-0.2, -0.15) is 0 Å². The van der Waals surface area contributed by atoms with E-state index in [2.05, 4.69) is 20.4 Å². The second-order valence-corrected chi connectivity index (χ2v) is 8.18. The summed E-state index contributed by atoms with van der Waals surface area (Å²) < 4.78 is 5.44. The van der Waals surface area contributed by atoms with Crippen molar-refractivity contribution in [2.45, 2.75) is 46.0 Å². The van der Waals surface area contributed by atoms with Crippen molar-refractivity contribution in [3.8, 4) is 0 Å². The topological polar surface area (TPSA) is 43.4 Å². The SMILES string of the molecule is C=C1C[C@@H]2[C@@H](CC[C@]3(C)C(=O)OC[C@@H]23)[C@@]2(C)CCC(=O)C=C12. The van der Waals surface area contributed by atoms with Gasteiger partial charge in [-0.05, 0) is 61.5 Å². The van der Waals surface area contributed by atoms with Crippen molar-refractivity contribution in [2.24, 2.45) is 28.6 Å². The van der Waals surface area contributed by atoms with Gasteiger partial charge < -0.3 is 4.74 Å². The molecule has 0 N–H and O–H groups in total. The van der Waals surface area contributed by atoms with Crippen LogP contribution in [0.5, 0.6) is 0 Å². The number of hydrogen-bond donors (Lipinski definition) is 0. The molecule has 0 aromatic carbocycles. The summed E-state index contributed by atoms with van der Waals surface area (Å²) in [7, 11) is 0. The first kappa shape index (κ1) is 14.2. The number of rotatable bonds is 0. The zero-order chi connectivity index (χ0) is 15.7. The number of carbonyl (C=O) groups is 2. The number of ketones is 1. The molecule has 0 unspecified atom stereocenters. The van der Waals surface area contributed by atoms with Gasteiger partial charge in [-0.3, -0.25) is 9.59 Å². The Labute approximate surface area is 131 Å². The van der Waals surface area contributed by atoms with Gasteiger partial charge in [-0.25, -0.2) is 0 Å². The highest BCUT2D eigenvalue weighted by molar-refractivity contribution is 5.92. The zero-order valence-electron chi connectivity index (χ0n) is 13.5. The molecule has 0 spiro atoms. The Kier molecular flexibility index (Phi) is 2.80. The lowest BCUT2D eigenvalue weighted by molar-refractivity contribution is -0.148. The third-order valence-corrected chi connectivity index (χ3v) is 7.18. The van der Waals surface area contributed by atoms with E-state index in [-0.39, 0.29) is 22.6 Å². The number of allylic oxidation sites excluding steroid dienone is 3. The molecule has 2 saturated carbocycles. The molecule has 4 rings (SSSR count). The van der Waals surface area contributed by atoms with Crippen LogP contribution in [0.25, 0.3) is 0 Å². The van der Waals surface area contributed by atoms with Gasteiger partial charge in [0.25, 0.3) is 0 Å². The van der Waals surface area contributed by atoms with Gasteiger partial charge in [0.15, 0.2) is 5.78 Å². The molecule has 5 atom stereocenters. The maximum atomic E-state index is 12.2. The van der Waals surface area contributed by atoms with Crippen LogP contribution in [0.15, 0.2) is 23.8 Å². The van der Waals surface area contributed by atoms with Crippen molar-refractivity contribution in [1.29, 1.82) is 0 Å². The fourth-order valence-electron chi connectivity index (χ4n) is 5.78. The largest absolute Gasteiger partial charge is 0.465 e. The zero-order valence-corrected chi connectivity index (χ0v) is 13.5. The minimum atomic E-state index is -0.302. The number of esters is 1. The Morgan fingerprint density at radius 2 is 1.95 bits per heavy atom. The van der Waals surface area contributed by atoms with Crippen LogP contribution in [0.4, 0.5) is 0 Å². The monoisotopic (exact) mass is 300 g/mol. The van der Waals surface area contributed by atoms with E-state index in [1.807, 2.05) is 6.08 Å². The normalized spacial score (nSPS) is 47.3. The molecule has 0 amide bonds. The summed E-state index contributed by atoms with van der Waals surface area (Å²) in [5.41, 5.74) is 2.06. The second kappa shape index (κ2) is 4.33. The number of ether oxygens (including phenoxy) is 1. The van der Waals surface area contributed by atoms with E-state index in [9.17, 15) is 9.59 Å². The summed E-state index contributed by atoms with van der Waals surface area (Å²) in [6.07, 6.45) is 6.31. The molecule has 3 nitrogen and oxygen atoms in total. The minimum Gasteiger partial charge on any atom is -0.465 e. The standard InChI is InChI=1S/C19H24O3/c1-11-8-13-14(18(2)6-4-12(20)9-15(11)18)5-7-19(3)16(13)10-22-17(19)21/h9,13-14,16H,1,4-8,10H2,2-3H3/t13-,14-,16+,18-,19+/m1/s1. The quantitative estimate of drug-likeness (QED) is 0.644. The average molecular weight is 300 g/mol. The molecule has 1 heterocycles. The van der Waals surface area contributed by atoms with Crippen LogP contribution < -0.4 is 0 Å². The Bertz CT molecular complexity index is 616. The van der Waals surface area contributed by atoms with Crippen LogP contribution in [-0.2, 0) is 14.3 Å². The summed E-state index contributed by atoms with van der Waals surface area (Å²) in [6, 6.07) is 0. The van der Waals surface area contributed by atoms with Crippen LogP contribution >= 0.6 is 0 Å². The summed E-state index contributed by atoms with van der Waals surface area (Å²) in [6.45, 7) is 9.25. The Morgan fingerprint density at radius 3 is 2.73 bits per heavy atom. The lowest BCUT2D eigenvalue weighted by Gasteiger charge is -2.56. The van der Waals surface area contributed by atoms with E-state index >= 15 is 0 Å². The van der Waals surface area contributed by atoms with Gasteiger partial charge in [-0.1, -0.05) is 19.1 Å². The summed E-state index contributed by atoms with van der Waals surface area (Å²) in [5.74, 6) is 1.56. The van der Waals surface area contributed by atoms with Crippen molar-refractivity contribution in [3.63, 3.8) is 0 Å². The fraction of sp³-hybridized carbons (Fsp3) is 0.684. The van der Waals surface area contributed by atoms with Crippen LogP contribution in [0.2, 0.25) is 0 Å². The van der Waals surface area contributed by atoms with Crippen molar-refractivity contribution in [3.05, 3.63) is 23.8 Å². The molecule has 118 valence electrons. The van der Waals surface area contributed by atoms with Gasteiger partial charge in [0.05, 0.1) is 12.0 Å². The van der Waals surface area contributed by atoms with Crippen LogP contribution in [0.1, 0.15) is 46.0 Å². The molecule has 1 aliphatic heterocycles. The summed E-state index contributed by atoms with van der Waals surface area (Å²) in [5, 5.41) is 0. The molecule has 3 fully saturated rings. The molecule has 3 heteroatoms. The average Bonchev–Trinajstić information content (AvgIpc) is 2.77. The Morgan fingerprint density at radius 1 is 1.18 bits per heavy atom. The van der Waals surface area contributed by atoms with E-state index in [4.69, 9.17) is 4.74 Å². The highest BCUT2D eigenvalue weighted by Crippen LogP contribution is 2.63. The predicted octanol–water partition coefficient (Wildman–Crippen LogP) is 3.45. The third-order valence-electron chi connectivity index (χ3n) is 7.18. The lowest BCUT2D eigenvalue weighted by Crippen LogP contribution is -2.51. The molecule has 0 aromatic heterocycles. The van der Waals surface area contributed by atoms with E-state index in [1.54, 1.807) is 0 Å².